The lowest BCUT2D eigenvalue weighted by molar-refractivity contribution is -0.123. The second-order valence-electron chi connectivity index (χ2n) is 4.55. The summed E-state index contributed by atoms with van der Waals surface area (Å²) in [6, 6.07) is 0. The van der Waals surface area contributed by atoms with Crippen LogP contribution in [0.15, 0.2) is 5.38 Å². The number of nitrogens with two attached hydrogens (primary N) is 1. The molecule has 3 N–H and O–H groups in total. The number of nitrogens with one attached hydrogen (secondary N) is 1. The van der Waals surface area contributed by atoms with E-state index in [9.17, 15) is 4.79 Å². The lowest BCUT2D eigenvalue weighted by Crippen LogP contribution is -2.41. The lowest BCUT2D eigenvalue weighted by Gasteiger charge is -2.18. The first kappa shape index (κ1) is 15.0. The average Bonchev–Trinajstić information content (AvgIpc) is 2.63. The second-order valence-corrected chi connectivity index (χ2v) is 5.96. The summed E-state index contributed by atoms with van der Waals surface area (Å²) in [6.45, 7) is 6.40. The second kappa shape index (κ2) is 6.80. The third-order valence-electron chi connectivity index (χ3n) is 2.56. The van der Waals surface area contributed by atoms with Crippen LogP contribution in [-0.4, -0.2) is 22.4 Å². The number of hydrogen-bond acceptors (Lipinski definition) is 4. The summed E-state index contributed by atoms with van der Waals surface area (Å²) in [5.74, 6) is -0.367. The van der Waals surface area contributed by atoms with E-state index in [0.717, 1.165) is 17.1 Å². The van der Waals surface area contributed by atoms with Gasteiger partial charge in [-0.05, 0) is 12.8 Å². The molecule has 0 saturated heterocycles. The van der Waals surface area contributed by atoms with Crippen molar-refractivity contribution >= 4 is 34.5 Å². The third-order valence-corrected chi connectivity index (χ3v) is 3.84. The standard InChI is InChI=1S/C12H19N3OS2/c1-7(2)10(11(13)17)12(16)14-5-4-9-15-8(3)6-18-9/h6-7,10H,4-5H2,1-3H3,(H2,13,17)(H,14,16). The molecule has 0 aliphatic carbocycles. The smallest absolute Gasteiger partial charge is 0.230 e. The molecule has 0 bridgehead atoms. The maximum absolute atomic E-state index is 11.9. The van der Waals surface area contributed by atoms with Gasteiger partial charge in [0.2, 0.25) is 5.91 Å². The van der Waals surface area contributed by atoms with E-state index in [1.165, 1.54) is 0 Å². The number of thiocarbonyl (C=S) groups is 1. The summed E-state index contributed by atoms with van der Waals surface area (Å²) in [6.07, 6.45) is 0.742. The van der Waals surface area contributed by atoms with Crippen LogP contribution in [0.25, 0.3) is 0 Å². The summed E-state index contributed by atoms with van der Waals surface area (Å²) in [5, 5.41) is 5.90. The van der Waals surface area contributed by atoms with Crippen molar-refractivity contribution in [2.24, 2.45) is 17.6 Å². The maximum Gasteiger partial charge on any atom is 0.230 e. The molecule has 1 atom stereocenters. The molecule has 0 aliphatic heterocycles. The molecule has 1 aromatic heterocycles. The molecule has 0 saturated carbocycles. The van der Waals surface area contributed by atoms with E-state index in [2.05, 4.69) is 10.3 Å². The van der Waals surface area contributed by atoms with Crippen molar-refractivity contribution in [1.29, 1.82) is 0 Å². The highest BCUT2D eigenvalue weighted by atomic mass is 32.1. The lowest BCUT2D eigenvalue weighted by atomic mass is 9.95. The van der Waals surface area contributed by atoms with Gasteiger partial charge in [0.05, 0.1) is 15.9 Å². The molecule has 1 amide bonds. The Morgan fingerprint density at radius 2 is 2.28 bits per heavy atom. The number of nitrogens with zero attached hydrogens (tertiary/aromatic N) is 1. The zero-order chi connectivity index (χ0) is 13.7. The van der Waals surface area contributed by atoms with Crippen molar-refractivity contribution in [2.75, 3.05) is 6.54 Å². The van der Waals surface area contributed by atoms with Gasteiger partial charge in [-0.3, -0.25) is 4.79 Å². The molecule has 6 heteroatoms. The average molecular weight is 285 g/mol. The van der Waals surface area contributed by atoms with Gasteiger partial charge >= 0.3 is 0 Å². The number of aromatic nitrogens is 1. The Bertz CT molecular complexity index is 429. The molecule has 1 aromatic rings. The Kier molecular flexibility index (Phi) is 5.68. The van der Waals surface area contributed by atoms with Crippen LogP contribution < -0.4 is 11.1 Å². The van der Waals surface area contributed by atoms with E-state index >= 15 is 0 Å². The fraction of sp³-hybridized carbons (Fsp3) is 0.583. The number of amides is 1. The molecule has 4 nitrogen and oxygen atoms in total. The van der Waals surface area contributed by atoms with Crippen molar-refractivity contribution < 1.29 is 4.79 Å². The zero-order valence-corrected chi connectivity index (χ0v) is 12.5. The van der Waals surface area contributed by atoms with Gasteiger partial charge in [0, 0.05) is 24.0 Å². The minimum Gasteiger partial charge on any atom is -0.393 e. The van der Waals surface area contributed by atoms with Crippen LogP contribution in [0.5, 0.6) is 0 Å². The summed E-state index contributed by atoms with van der Waals surface area (Å²) in [5.41, 5.74) is 6.60. The van der Waals surface area contributed by atoms with Crippen molar-refractivity contribution in [2.45, 2.75) is 27.2 Å². The summed E-state index contributed by atoms with van der Waals surface area (Å²) >= 11 is 6.53. The first-order valence-corrected chi connectivity index (χ1v) is 7.18. The van der Waals surface area contributed by atoms with Crippen LogP contribution >= 0.6 is 23.6 Å². The van der Waals surface area contributed by atoms with Gasteiger partial charge in [-0.25, -0.2) is 4.98 Å². The normalized spacial score (nSPS) is 12.4. The van der Waals surface area contributed by atoms with Gasteiger partial charge in [-0.2, -0.15) is 0 Å². The minimum atomic E-state index is -0.391. The molecule has 1 unspecified atom stereocenters. The molecule has 0 spiro atoms. The molecule has 18 heavy (non-hydrogen) atoms. The van der Waals surface area contributed by atoms with E-state index in [1.807, 2.05) is 26.2 Å². The van der Waals surface area contributed by atoms with E-state index in [0.29, 0.717) is 6.54 Å². The summed E-state index contributed by atoms with van der Waals surface area (Å²) in [7, 11) is 0. The van der Waals surface area contributed by atoms with Crippen LogP contribution in [0.3, 0.4) is 0 Å². The predicted molar refractivity (Wildman–Crippen MR) is 78.7 cm³/mol. The minimum absolute atomic E-state index is 0.0919. The molecule has 0 radical (unpaired) electrons. The summed E-state index contributed by atoms with van der Waals surface area (Å²) < 4.78 is 0. The largest absolute Gasteiger partial charge is 0.393 e. The number of aryl methyl sites for hydroxylation is 1. The Balaban J connectivity index is 2.43. The highest BCUT2D eigenvalue weighted by molar-refractivity contribution is 7.80. The molecule has 0 fully saturated rings. The van der Waals surface area contributed by atoms with Gasteiger partial charge < -0.3 is 11.1 Å². The maximum atomic E-state index is 11.9. The van der Waals surface area contributed by atoms with Gasteiger partial charge in [0.1, 0.15) is 0 Å². The molecule has 100 valence electrons. The molecular formula is C12H19N3OS2. The molecule has 1 heterocycles. The number of carbonyl (C=O) groups excluding carboxylic acids is 1. The highest BCUT2D eigenvalue weighted by Crippen LogP contribution is 2.12. The topological polar surface area (TPSA) is 68.0 Å². The Labute approximate surface area is 117 Å². The van der Waals surface area contributed by atoms with Crippen LogP contribution in [0.2, 0.25) is 0 Å². The van der Waals surface area contributed by atoms with Gasteiger partial charge in [-0.15, -0.1) is 11.3 Å². The zero-order valence-electron chi connectivity index (χ0n) is 10.9. The SMILES string of the molecule is Cc1csc(CCNC(=O)C(C(N)=S)C(C)C)n1. The van der Waals surface area contributed by atoms with Crippen molar-refractivity contribution in [1.82, 2.24) is 10.3 Å². The van der Waals surface area contributed by atoms with E-state index in [-0.39, 0.29) is 16.8 Å². The van der Waals surface area contributed by atoms with Crippen molar-refractivity contribution in [3.05, 3.63) is 16.1 Å². The quantitative estimate of drug-likeness (QED) is 0.780. The first-order chi connectivity index (χ1) is 8.41. The molecule has 0 aromatic carbocycles. The van der Waals surface area contributed by atoms with Gasteiger partial charge in [0.15, 0.2) is 0 Å². The van der Waals surface area contributed by atoms with Gasteiger partial charge in [0.25, 0.3) is 0 Å². The fourth-order valence-electron chi connectivity index (χ4n) is 1.68. The highest BCUT2D eigenvalue weighted by Gasteiger charge is 2.24. The first-order valence-electron chi connectivity index (χ1n) is 5.90. The fourth-order valence-corrected chi connectivity index (χ4v) is 2.84. The molecular weight excluding hydrogens is 266 g/mol. The number of hydrogen-bond donors (Lipinski definition) is 2. The van der Waals surface area contributed by atoms with Crippen LogP contribution in [-0.2, 0) is 11.2 Å². The van der Waals surface area contributed by atoms with E-state index < -0.39 is 5.92 Å². The number of rotatable bonds is 6. The van der Waals surface area contributed by atoms with Crippen molar-refractivity contribution in [3.63, 3.8) is 0 Å². The molecule has 1 rings (SSSR count). The predicted octanol–water partition coefficient (Wildman–Crippen LogP) is 1.67. The van der Waals surface area contributed by atoms with Crippen molar-refractivity contribution in [3.8, 4) is 0 Å². The number of thiazole rings is 1. The summed E-state index contributed by atoms with van der Waals surface area (Å²) in [4.78, 5) is 16.5. The van der Waals surface area contributed by atoms with Crippen LogP contribution in [0, 0.1) is 18.8 Å². The third kappa shape index (κ3) is 4.34. The van der Waals surface area contributed by atoms with Crippen LogP contribution in [0.4, 0.5) is 0 Å². The van der Waals surface area contributed by atoms with E-state index in [1.54, 1.807) is 11.3 Å². The van der Waals surface area contributed by atoms with E-state index in [4.69, 9.17) is 18.0 Å². The molecule has 0 aliphatic rings. The van der Waals surface area contributed by atoms with Crippen LogP contribution in [0.1, 0.15) is 24.5 Å². The Morgan fingerprint density at radius 3 is 2.72 bits per heavy atom. The number of carbonyl (C=O) groups is 1. The Hall–Kier alpha value is -1.01. The van der Waals surface area contributed by atoms with Gasteiger partial charge in [-0.1, -0.05) is 26.1 Å². The monoisotopic (exact) mass is 285 g/mol. The Morgan fingerprint density at radius 1 is 1.61 bits per heavy atom.